The van der Waals surface area contributed by atoms with Crippen LogP contribution in [0.25, 0.3) is 0 Å². The van der Waals surface area contributed by atoms with Crippen LogP contribution in [0.15, 0.2) is 41.3 Å². The average Bonchev–Trinajstić information content (AvgIpc) is 2.82. The van der Waals surface area contributed by atoms with Gasteiger partial charge in [-0.15, -0.1) is 0 Å². The first-order valence-corrected chi connectivity index (χ1v) is 12.5. The Balaban J connectivity index is 1.90. The second-order valence-corrected chi connectivity index (χ2v) is 10.1. The van der Waals surface area contributed by atoms with E-state index >= 15 is 0 Å². The molecule has 2 aromatic carbocycles. The summed E-state index contributed by atoms with van der Waals surface area (Å²) in [5.41, 5.74) is 0.398. The minimum Gasteiger partial charge on any atom is -0.497 e. The Morgan fingerprint density at radius 1 is 1.00 bits per heavy atom. The van der Waals surface area contributed by atoms with Gasteiger partial charge >= 0.3 is 0 Å². The second-order valence-electron chi connectivity index (χ2n) is 7.75. The van der Waals surface area contributed by atoms with Crippen LogP contribution >= 0.6 is 11.6 Å². The standard InChI is InChI=1S/C23H29ClN2O6S/c1-30-17-9-11-22(32-3)20(13-17)25-23(27)15-26(16-7-5-4-6-8-16)33(28,29)18-10-12-21(31-2)19(24)14-18/h9-14,16H,4-8,15H2,1-3H3,(H,25,27). The maximum Gasteiger partial charge on any atom is 0.243 e. The summed E-state index contributed by atoms with van der Waals surface area (Å²) >= 11 is 6.19. The fraction of sp³-hybridized carbons (Fsp3) is 0.435. The van der Waals surface area contributed by atoms with E-state index in [4.69, 9.17) is 25.8 Å². The lowest BCUT2D eigenvalue weighted by molar-refractivity contribution is -0.116. The number of carbonyl (C=O) groups is 1. The summed E-state index contributed by atoms with van der Waals surface area (Å²) in [6.07, 6.45) is 4.25. The number of ether oxygens (including phenoxy) is 3. The number of carbonyl (C=O) groups excluding carboxylic acids is 1. The van der Waals surface area contributed by atoms with Gasteiger partial charge in [0, 0.05) is 12.1 Å². The number of anilines is 1. The lowest BCUT2D eigenvalue weighted by Gasteiger charge is -2.33. The number of halogens is 1. The number of hydrogen-bond donors (Lipinski definition) is 1. The number of nitrogens with zero attached hydrogens (tertiary/aromatic N) is 1. The molecule has 0 bridgehead atoms. The Bertz CT molecular complexity index is 1090. The van der Waals surface area contributed by atoms with Crippen molar-refractivity contribution in [1.29, 1.82) is 0 Å². The molecular formula is C23H29ClN2O6S. The third kappa shape index (κ3) is 5.90. The highest BCUT2D eigenvalue weighted by molar-refractivity contribution is 7.89. The van der Waals surface area contributed by atoms with Gasteiger partial charge < -0.3 is 19.5 Å². The number of amides is 1. The zero-order chi connectivity index (χ0) is 24.0. The third-order valence-corrected chi connectivity index (χ3v) is 7.88. The summed E-state index contributed by atoms with van der Waals surface area (Å²) in [6, 6.07) is 9.04. The number of rotatable bonds is 9. The topological polar surface area (TPSA) is 94.2 Å². The second kappa shape index (κ2) is 11.1. The average molecular weight is 497 g/mol. The van der Waals surface area contributed by atoms with E-state index in [9.17, 15) is 13.2 Å². The molecule has 8 nitrogen and oxygen atoms in total. The molecule has 1 aliphatic carbocycles. The van der Waals surface area contributed by atoms with Crippen molar-refractivity contribution in [3.63, 3.8) is 0 Å². The van der Waals surface area contributed by atoms with Gasteiger partial charge in [-0.3, -0.25) is 4.79 Å². The molecule has 1 aliphatic rings. The molecule has 3 rings (SSSR count). The van der Waals surface area contributed by atoms with Crippen LogP contribution in [0.4, 0.5) is 5.69 Å². The first kappa shape index (κ1) is 25.1. The maximum atomic E-state index is 13.6. The Labute approximate surface area is 199 Å². The largest absolute Gasteiger partial charge is 0.497 e. The normalized spacial score (nSPS) is 14.7. The van der Waals surface area contributed by atoms with E-state index < -0.39 is 15.9 Å². The van der Waals surface area contributed by atoms with E-state index in [2.05, 4.69) is 5.32 Å². The van der Waals surface area contributed by atoms with E-state index in [1.807, 2.05) is 0 Å². The molecule has 0 spiro atoms. The third-order valence-electron chi connectivity index (χ3n) is 5.69. The molecule has 1 saturated carbocycles. The number of methoxy groups -OCH3 is 3. The molecule has 0 atom stereocenters. The fourth-order valence-electron chi connectivity index (χ4n) is 3.97. The Morgan fingerprint density at radius 2 is 1.67 bits per heavy atom. The summed E-state index contributed by atoms with van der Waals surface area (Å²) in [7, 11) is 0.480. The van der Waals surface area contributed by atoms with E-state index in [1.165, 1.54) is 43.8 Å². The number of hydrogen-bond acceptors (Lipinski definition) is 6. The van der Waals surface area contributed by atoms with Crippen LogP contribution in [-0.4, -0.2) is 52.5 Å². The molecule has 0 aromatic heterocycles. The van der Waals surface area contributed by atoms with Gasteiger partial charge in [-0.05, 0) is 43.2 Å². The minimum atomic E-state index is -3.99. The predicted octanol–water partition coefficient (Wildman–Crippen LogP) is 4.33. The van der Waals surface area contributed by atoms with Crippen LogP contribution in [0, 0.1) is 0 Å². The summed E-state index contributed by atoms with van der Waals surface area (Å²) < 4.78 is 44.1. The van der Waals surface area contributed by atoms with Gasteiger partial charge in [-0.25, -0.2) is 8.42 Å². The molecule has 1 amide bonds. The highest BCUT2D eigenvalue weighted by Crippen LogP contribution is 2.33. The van der Waals surface area contributed by atoms with Crippen molar-refractivity contribution < 1.29 is 27.4 Å². The van der Waals surface area contributed by atoms with Crippen molar-refractivity contribution in [2.75, 3.05) is 33.2 Å². The van der Waals surface area contributed by atoms with Crippen LogP contribution in [0.5, 0.6) is 17.2 Å². The van der Waals surface area contributed by atoms with Crippen molar-refractivity contribution in [1.82, 2.24) is 4.31 Å². The number of nitrogens with one attached hydrogen (secondary N) is 1. The van der Waals surface area contributed by atoms with Gasteiger partial charge in [-0.2, -0.15) is 4.31 Å². The molecule has 1 fully saturated rings. The Morgan fingerprint density at radius 3 is 2.27 bits per heavy atom. The van der Waals surface area contributed by atoms with E-state index in [1.54, 1.807) is 18.2 Å². The van der Waals surface area contributed by atoms with Crippen molar-refractivity contribution in [3.05, 3.63) is 41.4 Å². The molecule has 33 heavy (non-hydrogen) atoms. The lowest BCUT2D eigenvalue weighted by Crippen LogP contribution is -2.45. The van der Waals surface area contributed by atoms with Crippen molar-refractivity contribution in [2.24, 2.45) is 0 Å². The lowest BCUT2D eigenvalue weighted by atomic mass is 9.95. The van der Waals surface area contributed by atoms with Crippen LogP contribution in [0.1, 0.15) is 32.1 Å². The number of sulfonamides is 1. The van der Waals surface area contributed by atoms with E-state index in [0.29, 0.717) is 35.8 Å². The van der Waals surface area contributed by atoms with Crippen LogP contribution in [0.3, 0.4) is 0 Å². The van der Waals surface area contributed by atoms with Gasteiger partial charge in [0.2, 0.25) is 15.9 Å². The minimum absolute atomic E-state index is 0.0191. The van der Waals surface area contributed by atoms with Crippen LogP contribution < -0.4 is 19.5 Å². The number of benzene rings is 2. The van der Waals surface area contributed by atoms with Gasteiger partial charge in [0.15, 0.2) is 0 Å². The zero-order valence-corrected chi connectivity index (χ0v) is 20.5. The molecule has 0 aliphatic heterocycles. The maximum absolute atomic E-state index is 13.6. The molecule has 0 heterocycles. The quantitative estimate of drug-likeness (QED) is 0.555. The molecule has 2 aromatic rings. The molecule has 1 N–H and O–H groups in total. The van der Waals surface area contributed by atoms with Gasteiger partial charge in [0.1, 0.15) is 17.2 Å². The highest BCUT2D eigenvalue weighted by atomic mass is 35.5. The first-order valence-electron chi connectivity index (χ1n) is 10.7. The van der Waals surface area contributed by atoms with Crippen LogP contribution in [-0.2, 0) is 14.8 Å². The summed E-state index contributed by atoms with van der Waals surface area (Å²) in [5, 5.41) is 2.95. The molecule has 0 unspecified atom stereocenters. The van der Waals surface area contributed by atoms with Gasteiger partial charge in [0.25, 0.3) is 0 Å². The zero-order valence-electron chi connectivity index (χ0n) is 19.0. The smallest absolute Gasteiger partial charge is 0.243 e. The first-order chi connectivity index (χ1) is 15.8. The molecule has 0 saturated heterocycles. The molecule has 180 valence electrons. The van der Waals surface area contributed by atoms with E-state index in [0.717, 1.165) is 19.3 Å². The predicted molar refractivity (Wildman–Crippen MR) is 127 cm³/mol. The highest BCUT2D eigenvalue weighted by Gasteiger charge is 2.34. The molecular weight excluding hydrogens is 468 g/mol. The van der Waals surface area contributed by atoms with E-state index in [-0.39, 0.29) is 22.5 Å². The SMILES string of the molecule is COc1ccc(OC)c(NC(=O)CN(C2CCCCC2)S(=O)(=O)c2ccc(OC)c(Cl)c2)c1. The Kier molecular flexibility index (Phi) is 8.45. The molecule has 0 radical (unpaired) electrons. The summed E-state index contributed by atoms with van der Waals surface area (Å²) in [5.74, 6) is 0.881. The summed E-state index contributed by atoms with van der Waals surface area (Å²) in [6.45, 7) is -0.336. The van der Waals surface area contributed by atoms with Gasteiger partial charge in [-0.1, -0.05) is 30.9 Å². The van der Waals surface area contributed by atoms with Crippen molar-refractivity contribution >= 4 is 33.2 Å². The van der Waals surface area contributed by atoms with Crippen molar-refractivity contribution in [2.45, 2.75) is 43.0 Å². The van der Waals surface area contributed by atoms with Crippen LogP contribution in [0.2, 0.25) is 5.02 Å². The monoisotopic (exact) mass is 496 g/mol. The fourth-order valence-corrected chi connectivity index (χ4v) is 5.96. The van der Waals surface area contributed by atoms with Gasteiger partial charge in [0.05, 0.1) is 43.5 Å². The molecule has 10 heteroatoms. The van der Waals surface area contributed by atoms with Crippen molar-refractivity contribution in [3.8, 4) is 17.2 Å². The Hall–Kier alpha value is -2.49. The summed E-state index contributed by atoms with van der Waals surface area (Å²) in [4.78, 5) is 13.0.